The van der Waals surface area contributed by atoms with Gasteiger partial charge in [0.05, 0.1) is 18.0 Å². The average Bonchev–Trinajstić information content (AvgIpc) is 2.56. The zero-order valence-corrected chi connectivity index (χ0v) is 14.8. The molecule has 1 atom stereocenters. The van der Waals surface area contributed by atoms with Gasteiger partial charge in [-0.3, -0.25) is 0 Å². The summed E-state index contributed by atoms with van der Waals surface area (Å²) < 4.78 is 14.1. The first-order chi connectivity index (χ1) is 11.4. The van der Waals surface area contributed by atoms with Crippen LogP contribution in [0.4, 0.5) is 10.1 Å². The quantitative estimate of drug-likeness (QED) is 0.819. The van der Waals surface area contributed by atoms with E-state index in [1.807, 2.05) is 57.1 Å². The number of nitrogens with zero attached hydrogens (tertiary/aromatic N) is 2. The van der Waals surface area contributed by atoms with Crippen molar-refractivity contribution in [3.05, 3.63) is 47.9 Å². The van der Waals surface area contributed by atoms with Crippen LogP contribution >= 0.6 is 0 Å². The SMILES string of the molecule is CC(C)[C@H](CO)NCc1nc(-c2ccccc2N(C)C)ccc1F. The second-order valence-corrected chi connectivity index (χ2v) is 6.45. The van der Waals surface area contributed by atoms with E-state index in [4.69, 9.17) is 0 Å². The van der Waals surface area contributed by atoms with Crippen LogP contribution < -0.4 is 10.2 Å². The van der Waals surface area contributed by atoms with Crippen LogP contribution in [0.2, 0.25) is 0 Å². The second kappa shape index (κ2) is 8.22. The van der Waals surface area contributed by atoms with Gasteiger partial charge in [-0.1, -0.05) is 32.0 Å². The Morgan fingerprint density at radius 3 is 2.50 bits per heavy atom. The van der Waals surface area contributed by atoms with Crippen LogP contribution in [0.15, 0.2) is 36.4 Å². The minimum atomic E-state index is -0.339. The molecule has 0 radical (unpaired) electrons. The minimum absolute atomic E-state index is 0.0163. The molecule has 4 nitrogen and oxygen atoms in total. The molecule has 130 valence electrons. The number of benzene rings is 1. The fourth-order valence-corrected chi connectivity index (χ4v) is 2.58. The molecular formula is C19H26FN3O. The Kier molecular flexibility index (Phi) is 6.29. The number of hydrogen-bond acceptors (Lipinski definition) is 4. The van der Waals surface area contributed by atoms with Gasteiger partial charge in [0.25, 0.3) is 0 Å². The number of para-hydroxylation sites is 1. The van der Waals surface area contributed by atoms with Gasteiger partial charge in [0.1, 0.15) is 5.82 Å². The number of aromatic nitrogens is 1. The molecule has 0 amide bonds. The standard InChI is InChI=1S/C19H26FN3O/c1-13(2)18(12-24)21-11-17-15(20)9-10-16(22-17)14-7-5-6-8-19(14)23(3)4/h5-10,13,18,21,24H,11-12H2,1-4H3/t18-/m0/s1. The van der Waals surface area contributed by atoms with Crippen LogP contribution in [0, 0.1) is 11.7 Å². The average molecular weight is 331 g/mol. The predicted molar refractivity (Wildman–Crippen MR) is 96.5 cm³/mol. The van der Waals surface area contributed by atoms with Crippen molar-refractivity contribution in [3.63, 3.8) is 0 Å². The number of aliphatic hydroxyl groups excluding tert-OH is 1. The van der Waals surface area contributed by atoms with E-state index >= 15 is 0 Å². The van der Waals surface area contributed by atoms with Crippen LogP contribution in [-0.4, -0.2) is 36.8 Å². The number of aliphatic hydroxyl groups is 1. The Balaban J connectivity index is 2.29. The van der Waals surface area contributed by atoms with E-state index in [1.54, 1.807) is 6.07 Å². The molecule has 0 spiro atoms. The topological polar surface area (TPSA) is 48.4 Å². The molecule has 0 saturated heterocycles. The molecule has 0 aliphatic rings. The molecule has 0 fully saturated rings. The maximum atomic E-state index is 14.1. The summed E-state index contributed by atoms with van der Waals surface area (Å²) in [5.41, 5.74) is 3.10. The van der Waals surface area contributed by atoms with Crippen molar-refractivity contribution in [1.29, 1.82) is 0 Å². The number of rotatable bonds is 7. The van der Waals surface area contributed by atoms with Gasteiger partial charge in [0.15, 0.2) is 0 Å². The molecule has 2 aromatic rings. The Bertz CT molecular complexity index is 673. The lowest BCUT2D eigenvalue weighted by atomic mass is 10.1. The van der Waals surface area contributed by atoms with Gasteiger partial charge in [-0.15, -0.1) is 0 Å². The Hall–Kier alpha value is -1.98. The summed E-state index contributed by atoms with van der Waals surface area (Å²) in [5, 5.41) is 12.6. The van der Waals surface area contributed by atoms with Crippen molar-refractivity contribution in [3.8, 4) is 11.3 Å². The highest BCUT2D eigenvalue weighted by Gasteiger charge is 2.15. The molecule has 0 unspecified atom stereocenters. The largest absolute Gasteiger partial charge is 0.395 e. The molecule has 2 rings (SSSR count). The van der Waals surface area contributed by atoms with E-state index in [-0.39, 0.29) is 30.9 Å². The van der Waals surface area contributed by atoms with Crippen LogP contribution in [-0.2, 0) is 6.54 Å². The molecule has 0 aliphatic heterocycles. The molecule has 1 aromatic heterocycles. The molecule has 0 aliphatic carbocycles. The molecule has 1 heterocycles. The van der Waals surface area contributed by atoms with E-state index in [2.05, 4.69) is 10.3 Å². The molecule has 24 heavy (non-hydrogen) atoms. The summed E-state index contributed by atoms with van der Waals surface area (Å²) in [6.45, 7) is 4.33. The lowest BCUT2D eigenvalue weighted by molar-refractivity contribution is 0.209. The maximum Gasteiger partial charge on any atom is 0.146 e. The fraction of sp³-hybridized carbons (Fsp3) is 0.421. The molecular weight excluding hydrogens is 305 g/mol. The normalized spacial score (nSPS) is 12.5. The Morgan fingerprint density at radius 1 is 1.17 bits per heavy atom. The van der Waals surface area contributed by atoms with Crippen molar-refractivity contribution in [2.45, 2.75) is 26.4 Å². The third kappa shape index (κ3) is 4.30. The first kappa shape index (κ1) is 18.4. The van der Waals surface area contributed by atoms with Crippen molar-refractivity contribution < 1.29 is 9.50 Å². The maximum absolute atomic E-state index is 14.1. The zero-order valence-electron chi connectivity index (χ0n) is 14.8. The number of halogens is 1. The van der Waals surface area contributed by atoms with Crippen molar-refractivity contribution in [1.82, 2.24) is 10.3 Å². The van der Waals surface area contributed by atoms with E-state index in [1.165, 1.54) is 6.07 Å². The Labute approximate surface area is 143 Å². The van der Waals surface area contributed by atoms with Crippen molar-refractivity contribution >= 4 is 5.69 Å². The van der Waals surface area contributed by atoms with Gasteiger partial charge in [-0.2, -0.15) is 0 Å². The molecule has 5 heteroatoms. The lowest BCUT2D eigenvalue weighted by Crippen LogP contribution is -2.37. The highest BCUT2D eigenvalue weighted by Crippen LogP contribution is 2.28. The summed E-state index contributed by atoms with van der Waals surface area (Å²) in [5.74, 6) is -0.0789. The summed E-state index contributed by atoms with van der Waals surface area (Å²) in [6.07, 6.45) is 0. The third-order valence-corrected chi connectivity index (χ3v) is 4.11. The lowest BCUT2D eigenvalue weighted by Gasteiger charge is -2.20. The van der Waals surface area contributed by atoms with Gasteiger partial charge in [-0.05, 0) is 24.1 Å². The van der Waals surface area contributed by atoms with Gasteiger partial charge in [0, 0.05) is 37.9 Å². The first-order valence-electron chi connectivity index (χ1n) is 8.20. The van der Waals surface area contributed by atoms with Crippen LogP contribution in [0.25, 0.3) is 11.3 Å². The van der Waals surface area contributed by atoms with E-state index in [0.717, 1.165) is 16.9 Å². The monoisotopic (exact) mass is 331 g/mol. The van der Waals surface area contributed by atoms with E-state index in [9.17, 15) is 9.50 Å². The van der Waals surface area contributed by atoms with Gasteiger partial charge in [-0.25, -0.2) is 9.37 Å². The molecule has 2 N–H and O–H groups in total. The third-order valence-electron chi connectivity index (χ3n) is 4.11. The molecule has 0 bridgehead atoms. The van der Waals surface area contributed by atoms with E-state index in [0.29, 0.717) is 5.69 Å². The highest BCUT2D eigenvalue weighted by molar-refractivity contribution is 5.76. The summed E-state index contributed by atoms with van der Waals surface area (Å²) in [4.78, 5) is 6.52. The van der Waals surface area contributed by atoms with Crippen LogP contribution in [0.5, 0.6) is 0 Å². The van der Waals surface area contributed by atoms with Crippen molar-refractivity contribution in [2.75, 3.05) is 25.6 Å². The number of nitrogens with one attached hydrogen (secondary N) is 1. The number of hydrogen-bond donors (Lipinski definition) is 2. The van der Waals surface area contributed by atoms with Gasteiger partial charge in [0.2, 0.25) is 0 Å². The summed E-state index contributed by atoms with van der Waals surface area (Å²) in [6, 6.07) is 11.0. The Morgan fingerprint density at radius 2 is 1.88 bits per heavy atom. The minimum Gasteiger partial charge on any atom is -0.395 e. The van der Waals surface area contributed by atoms with E-state index < -0.39 is 0 Å². The molecule has 1 aromatic carbocycles. The second-order valence-electron chi connectivity index (χ2n) is 6.45. The van der Waals surface area contributed by atoms with Gasteiger partial charge < -0.3 is 15.3 Å². The highest BCUT2D eigenvalue weighted by atomic mass is 19.1. The van der Waals surface area contributed by atoms with Gasteiger partial charge >= 0.3 is 0 Å². The predicted octanol–water partition coefficient (Wildman–Crippen LogP) is 3.06. The summed E-state index contributed by atoms with van der Waals surface area (Å²) in [7, 11) is 3.94. The van der Waals surface area contributed by atoms with Crippen molar-refractivity contribution in [2.24, 2.45) is 5.92 Å². The zero-order chi connectivity index (χ0) is 17.7. The fourth-order valence-electron chi connectivity index (χ4n) is 2.58. The summed E-state index contributed by atoms with van der Waals surface area (Å²) >= 11 is 0. The molecule has 0 saturated carbocycles. The smallest absolute Gasteiger partial charge is 0.146 e. The number of anilines is 1. The van der Waals surface area contributed by atoms with Crippen LogP contribution in [0.1, 0.15) is 19.5 Å². The number of pyridine rings is 1. The van der Waals surface area contributed by atoms with Crippen LogP contribution in [0.3, 0.4) is 0 Å². The first-order valence-corrected chi connectivity index (χ1v) is 8.20.